The molecule has 0 aromatic heterocycles. The molecule has 1 amide bonds. The molecular weight excluding hydrogens is 212 g/mol. The standard InChI is InChI=1S/C14H22N2O/c1-11-7-12(2)9-16(8-11)13(17)14(10-15)5-3-4-6-14/h11-12H,3-9H2,1-2H3/t11-,12-/m1/s1. The second-order valence-corrected chi connectivity index (χ2v) is 6.06. The molecule has 1 aliphatic heterocycles. The van der Waals surface area contributed by atoms with Crippen LogP contribution in [0.2, 0.25) is 0 Å². The molecule has 1 heterocycles. The van der Waals surface area contributed by atoms with Crippen molar-refractivity contribution in [3.63, 3.8) is 0 Å². The van der Waals surface area contributed by atoms with Crippen molar-refractivity contribution in [1.29, 1.82) is 5.26 Å². The Balaban J connectivity index is 2.11. The molecule has 0 bridgehead atoms. The van der Waals surface area contributed by atoms with Gasteiger partial charge in [0.25, 0.3) is 0 Å². The average molecular weight is 234 g/mol. The summed E-state index contributed by atoms with van der Waals surface area (Å²) in [5, 5.41) is 9.35. The van der Waals surface area contributed by atoms with Crippen LogP contribution >= 0.6 is 0 Å². The number of likely N-dealkylation sites (tertiary alicyclic amines) is 1. The minimum atomic E-state index is -0.684. The van der Waals surface area contributed by atoms with E-state index in [1.54, 1.807) is 0 Å². The van der Waals surface area contributed by atoms with Crippen LogP contribution in [-0.4, -0.2) is 23.9 Å². The molecule has 0 spiro atoms. The molecule has 2 atom stereocenters. The molecule has 0 N–H and O–H groups in total. The van der Waals surface area contributed by atoms with Crippen LogP contribution in [0, 0.1) is 28.6 Å². The molecule has 1 aliphatic carbocycles. The maximum absolute atomic E-state index is 12.5. The summed E-state index contributed by atoms with van der Waals surface area (Å²) in [5.74, 6) is 1.25. The number of amides is 1. The Morgan fingerprint density at radius 2 is 1.76 bits per heavy atom. The van der Waals surface area contributed by atoms with E-state index in [9.17, 15) is 10.1 Å². The van der Waals surface area contributed by atoms with Gasteiger partial charge in [-0.3, -0.25) is 4.79 Å². The van der Waals surface area contributed by atoms with Crippen molar-refractivity contribution in [2.75, 3.05) is 13.1 Å². The second-order valence-electron chi connectivity index (χ2n) is 6.06. The maximum atomic E-state index is 12.5. The highest BCUT2D eigenvalue weighted by molar-refractivity contribution is 5.86. The molecule has 1 saturated heterocycles. The van der Waals surface area contributed by atoms with Crippen molar-refractivity contribution >= 4 is 5.91 Å². The van der Waals surface area contributed by atoms with Gasteiger partial charge in [0.15, 0.2) is 0 Å². The Bertz CT molecular complexity index is 329. The fourth-order valence-electron chi connectivity index (χ4n) is 3.48. The Kier molecular flexibility index (Phi) is 3.42. The van der Waals surface area contributed by atoms with E-state index >= 15 is 0 Å². The molecule has 0 radical (unpaired) electrons. The van der Waals surface area contributed by atoms with Crippen LogP contribution in [0.1, 0.15) is 46.0 Å². The SMILES string of the molecule is C[C@@H]1C[C@@H](C)CN(C(=O)C2(C#N)CCCC2)C1. The minimum Gasteiger partial charge on any atom is -0.341 e. The van der Waals surface area contributed by atoms with E-state index < -0.39 is 5.41 Å². The van der Waals surface area contributed by atoms with E-state index in [0.29, 0.717) is 11.8 Å². The Morgan fingerprint density at radius 3 is 2.24 bits per heavy atom. The summed E-state index contributed by atoms with van der Waals surface area (Å²) in [6.07, 6.45) is 4.78. The molecule has 0 aromatic carbocycles. The van der Waals surface area contributed by atoms with Crippen LogP contribution in [0.15, 0.2) is 0 Å². The summed E-state index contributed by atoms with van der Waals surface area (Å²) < 4.78 is 0. The summed E-state index contributed by atoms with van der Waals surface area (Å²) in [6, 6.07) is 2.31. The molecular formula is C14H22N2O. The molecule has 2 aliphatic rings. The first kappa shape index (κ1) is 12.4. The summed E-state index contributed by atoms with van der Waals surface area (Å²) in [7, 11) is 0. The third-order valence-electron chi connectivity index (χ3n) is 4.24. The van der Waals surface area contributed by atoms with Crippen molar-refractivity contribution in [3.8, 4) is 6.07 Å². The molecule has 94 valence electrons. The van der Waals surface area contributed by atoms with Gasteiger partial charge < -0.3 is 4.90 Å². The van der Waals surface area contributed by atoms with Gasteiger partial charge >= 0.3 is 0 Å². The van der Waals surface area contributed by atoms with Crippen LogP contribution in [0.3, 0.4) is 0 Å². The molecule has 0 unspecified atom stereocenters. The average Bonchev–Trinajstić information content (AvgIpc) is 2.76. The van der Waals surface area contributed by atoms with E-state index in [-0.39, 0.29) is 5.91 Å². The first-order valence-corrected chi connectivity index (χ1v) is 6.78. The number of nitrogens with zero attached hydrogens (tertiary/aromatic N) is 2. The van der Waals surface area contributed by atoms with Crippen molar-refractivity contribution < 1.29 is 4.79 Å². The van der Waals surface area contributed by atoms with Gasteiger partial charge in [-0.25, -0.2) is 0 Å². The smallest absolute Gasteiger partial charge is 0.243 e. The van der Waals surface area contributed by atoms with Gasteiger partial charge in [0.05, 0.1) is 6.07 Å². The monoisotopic (exact) mass is 234 g/mol. The van der Waals surface area contributed by atoms with E-state index in [0.717, 1.165) is 38.8 Å². The zero-order valence-corrected chi connectivity index (χ0v) is 10.9. The van der Waals surface area contributed by atoms with Crippen LogP contribution in [0.5, 0.6) is 0 Å². The fourth-order valence-corrected chi connectivity index (χ4v) is 3.48. The maximum Gasteiger partial charge on any atom is 0.243 e. The Labute approximate surface area is 104 Å². The lowest BCUT2D eigenvalue weighted by Gasteiger charge is -2.38. The summed E-state index contributed by atoms with van der Waals surface area (Å²) in [4.78, 5) is 14.5. The zero-order chi connectivity index (χ0) is 12.5. The van der Waals surface area contributed by atoms with E-state index in [1.165, 1.54) is 6.42 Å². The van der Waals surface area contributed by atoms with Gasteiger partial charge in [0, 0.05) is 13.1 Å². The zero-order valence-electron chi connectivity index (χ0n) is 10.9. The van der Waals surface area contributed by atoms with Gasteiger partial charge in [-0.05, 0) is 31.1 Å². The van der Waals surface area contributed by atoms with Crippen molar-refractivity contribution in [2.45, 2.75) is 46.0 Å². The van der Waals surface area contributed by atoms with E-state index in [1.807, 2.05) is 4.90 Å². The molecule has 3 heteroatoms. The van der Waals surface area contributed by atoms with Crippen molar-refractivity contribution in [3.05, 3.63) is 0 Å². The normalized spacial score (nSPS) is 32.2. The van der Waals surface area contributed by atoms with Crippen LogP contribution in [0.4, 0.5) is 0 Å². The second kappa shape index (κ2) is 4.68. The van der Waals surface area contributed by atoms with Crippen molar-refractivity contribution in [2.24, 2.45) is 17.3 Å². The molecule has 1 saturated carbocycles. The number of rotatable bonds is 1. The first-order valence-electron chi connectivity index (χ1n) is 6.78. The quantitative estimate of drug-likeness (QED) is 0.700. The van der Waals surface area contributed by atoms with E-state index in [2.05, 4.69) is 19.9 Å². The lowest BCUT2D eigenvalue weighted by Crippen LogP contribution is -2.48. The third-order valence-corrected chi connectivity index (χ3v) is 4.24. The molecule has 3 nitrogen and oxygen atoms in total. The lowest BCUT2D eigenvalue weighted by molar-refractivity contribution is -0.141. The molecule has 0 aromatic rings. The minimum absolute atomic E-state index is 0.107. The first-order chi connectivity index (χ1) is 8.07. The predicted molar refractivity (Wildman–Crippen MR) is 66.0 cm³/mol. The van der Waals surface area contributed by atoms with Crippen molar-refractivity contribution in [1.82, 2.24) is 4.90 Å². The summed E-state index contributed by atoms with van der Waals surface area (Å²) in [6.45, 7) is 6.08. The van der Waals surface area contributed by atoms with Gasteiger partial charge in [0.2, 0.25) is 5.91 Å². The third kappa shape index (κ3) is 2.31. The Morgan fingerprint density at radius 1 is 1.24 bits per heavy atom. The molecule has 2 fully saturated rings. The number of carbonyl (C=O) groups is 1. The highest BCUT2D eigenvalue weighted by atomic mass is 16.2. The van der Waals surface area contributed by atoms with E-state index in [4.69, 9.17) is 0 Å². The number of piperidine rings is 1. The van der Waals surface area contributed by atoms with Gasteiger partial charge in [-0.15, -0.1) is 0 Å². The van der Waals surface area contributed by atoms with Crippen LogP contribution in [-0.2, 0) is 4.79 Å². The number of carbonyl (C=O) groups excluding carboxylic acids is 1. The summed E-state index contributed by atoms with van der Waals surface area (Å²) in [5.41, 5.74) is -0.684. The Hall–Kier alpha value is -1.04. The molecule has 17 heavy (non-hydrogen) atoms. The van der Waals surface area contributed by atoms with Crippen LogP contribution in [0.25, 0.3) is 0 Å². The lowest BCUT2D eigenvalue weighted by atomic mass is 9.84. The van der Waals surface area contributed by atoms with Gasteiger partial charge in [-0.1, -0.05) is 26.7 Å². The highest BCUT2D eigenvalue weighted by Crippen LogP contribution is 2.40. The predicted octanol–water partition coefficient (Wildman–Crippen LogP) is 2.57. The summed E-state index contributed by atoms with van der Waals surface area (Å²) >= 11 is 0. The number of nitriles is 1. The van der Waals surface area contributed by atoms with Gasteiger partial charge in [-0.2, -0.15) is 5.26 Å². The topological polar surface area (TPSA) is 44.1 Å². The molecule has 2 rings (SSSR count). The van der Waals surface area contributed by atoms with Gasteiger partial charge in [0.1, 0.15) is 5.41 Å². The number of hydrogen-bond donors (Lipinski definition) is 0. The number of hydrogen-bond acceptors (Lipinski definition) is 2. The highest BCUT2D eigenvalue weighted by Gasteiger charge is 2.45. The largest absolute Gasteiger partial charge is 0.341 e. The fraction of sp³-hybridized carbons (Fsp3) is 0.857. The van der Waals surface area contributed by atoms with Crippen LogP contribution < -0.4 is 0 Å².